The van der Waals surface area contributed by atoms with E-state index in [0.717, 1.165) is 36.4 Å². The number of oxazole rings is 1. The number of amides is 1. The number of alkyl halides is 3. The largest absolute Gasteiger partial charge is 0.504 e. The number of hydrogen-bond donors (Lipinski definition) is 4. The lowest BCUT2D eigenvalue weighted by Crippen LogP contribution is -2.23. The van der Waals surface area contributed by atoms with Crippen LogP contribution in [0.25, 0.3) is 22.8 Å². The molecule has 7 nitrogen and oxygen atoms in total. The van der Waals surface area contributed by atoms with Crippen LogP contribution in [0.4, 0.5) is 13.2 Å². The molecule has 10 heteroatoms. The Morgan fingerprint density at radius 1 is 1.07 bits per heavy atom. The first-order valence-corrected chi connectivity index (χ1v) is 8.33. The minimum absolute atomic E-state index is 0.0321. The molecule has 0 aliphatic rings. The maximum Gasteiger partial charge on any atom is 0.416 e. The van der Waals surface area contributed by atoms with Gasteiger partial charge in [0.2, 0.25) is 5.89 Å². The predicted molar refractivity (Wildman–Crippen MR) is 95.4 cm³/mol. The van der Waals surface area contributed by atoms with Gasteiger partial charge in [0.05, 0.1) is 5.56 Å². The van der Waals surface area contributed by atoms with Crippen molar-refractivity contribution in [3.8, 4) is 40.0 Å². The van der Waals surface area contributed by atoms with Gasteiger partial charge in [-0.1, -0.05) is 0 Å². The summed E-state index contributed by atoms with van der Waals surface area (Å²) in [6.45, 7) is 1.94. The van der Waals surface area contributed by atoms with Gasteiger partial charge in [-0.25, -0.2) is 4.98 Å². The second-order valence-electron chi connectivity index (χ2n) is 5.99. The third kappa shape index (κ3) is 3.96. The molecule has 29 heavy (non-hydrogen) atoms. The van der Waals surface area contributed by atoms with Gasteiger partial charge in [-0.2, -0.15) is 13.2 Å². The summed E-state index contributed by atoms with van der Waals surface area (Å²) >= 11 is 0. The van der Waals surface area contributed by atoms with E-state index in [1.165, 1.54) is 0 Å². The van der Waals surface area contributed by atoms with E-state index in [1.807, 2.05) is 0 Å². The summed E-state index contributed by atoms with van der Waals surface area (Å²) in [5.41, 5.74) is -0.844. The highest BCUT2D eigenvalue weighted by Gasteiger charge is 2.30. The normalized spacial score (nSPS) is 11.4. The van der Waals surface area contributed by atoms with Crippen molar-refractivity contribution in [2.75, 3.05) is 6.54 Å². The summed E-state index contributed by atoms with van der Waals surface area (Å²) in [5.74, 6) is -2.98. The summed E-state index contributed by atoms with van der Waals surface area (Å²) < 4.78 is 43.8. The number of phenols is 3. The third-order valence-corrected chi connectivity index (χ3v) is 3.97. The monoisotopic (exact) mass is 408 g/mol. The Balaban J connectivity index is 2.12. The van der Waals surface area contributed by atoms with Crippen molar-refractivity contribution in [3.63, 3.8) is 0 Å². The standard InChI is InChI=1S/C19H15F3N2O5/c1-2-23-17(28)14-16(10-7-12(25)15(27)13(26)8-10)29-18(24-14)9-3-5-11(6-4-9)19(20,21)22/h3-8,25-27H,2H2,1H3,(H,23,28). The molecule has 2 aromatic carbocycles. The maximum absolute atomic E-state index is 12.8. The van der Waals surface area contributed by atoms with E-state index in [9.17, 15) is 33.3 Å². The van der Waals surface area contributed by atoms with Gasteiger partial charge in [0.15, 0.2) is 28.7 Å². The number of hydrogen-bond acceptors (Lipinski definition) is 6. The molecule has 152 valence electrons. The van der Waals surface area contributed by atoms with Crippen molar-refractivity contribution in [1.82, 2.24) is 10.3 Å². The zero-order valence-corrected chi connectivity index (χ0v) is 14.9. The highest BCUT2D eigenvalue weighted by Crippen LogP contribution is 2.41. The van der Waals surface area contributed by atoms with Crippen molar-refractivity contribution in [2.45, 2.75) is 13.1 Å². The lowest BCUT2D eigenvalue weighted by molar-refractivity contribution is -0.137. The van der Waals surface area contributed by atoms with Crippen molar-refractivity contribution in [2.24, 2.45) is 0 Å². The first-order valence-electron chi connectivity index (χ1n) is 8.33. The SMILES string of the molecule is CCNC(=O)c1nc(-c2ccc(C(F)(F)F)cc2)oc1-c1cc(O)c(O)c(O)c1. The van der Waals surface area contributed by atoms with E-state index >= 15 is 0 Å². The summed E-state index contributed by atoms with van der Waals surface area (Å²) in [6.07, 6.45) is -4.51. The van der Waals surface area contributed by atoms with Crippen molar-refractivity contribution in [3.05, 3.63) is 47.7 Å². The molecule has 3 rings (SSSR count). The highest BCUT2D eigenvalue weighted by atomic mass is 19.4. The molecule has 0 radical (unpaired) electrons. The molecule has 0 saturated heterocycles. The van der Waals surface area contributed by atoms with Crippen LogP contribution in [0.1, 0.15) is 23.0 Å². The summed E-state index contributed by atoms with van der Waals surface area (Å²) in [5, 5.41) is 31.5. The zero-order chi connectivity index (χ0) is 21.3. The fraction of sp³-hybridized carbons (Fsp3) is 0.158. The molecule has 0 bridgehead atoms. The van der Waals surface area contributed by atoms with Gasteiger partial charge < -0.3 is 25.1 Å². The van der Waals surface area contributed by atoms with Crippen molar-refractivity contribution in [1.29, 1.82) is 0 Å². The van der Waals surface area contributed by atoms with Crippen LogP contribution in [0.15, 0.2) is 40.8 Å². The number of nitrogens with one attached hydrogen (secondary N) is 1. The molecule has 0 aliphatic heterocycles. The van der Waals surface area contributed by atoms with Crippen LogP contribution < -0.4 is 5.32 Å². The molecule has 4 N–H and O–H groups in total. The topological polar surface area (TPSA) is 116 Å². The average Bonchev–Trinajstić information content (AvgIpc) is 3.11. The van der Waals surface area contributed by atoms with Crippen molar-refractivity contribution >= 4 is 5.91 Å². The van der Waals surface area contributed by atoms with Gasteiger partial charge in [-0.3, -0.25) is 4.79 Å². The zero-order valence-electron chi connectivity index (χ0n) is 14.9. The van der Waals surface area contributed by atoms with Gasteiger partial charge in [0.1, 0.15) is 0 Å². The molecule has 0 unspecified atom stereocenters. The van der Waals surface area contributed by atoms with E-state index in [2.05, 4.69) is 10.3 Å². The number of aromatic nitrogens is 1. The Morgan fingerprint density at radius 3 is 2.17 bits per heavy atom. The number of halogens is 3. The molecule has 0 fully saturated rings. The number of aromatic hydroxyl groups is 3. The van der Waals surface area contributed by atoms with Gasteiger partial charge >= 0.3 is 6.18 Å². The first kappa shape index (κ1) is 20.1. The Hall–Kier alpha value is -3.69. The lowest BCUT2D eigenvalue weighted by atomic mass is 10.1. The number of carbonyl (C=O) groups is 1. The quantitative estimate of drug-likeness (QED) is 0.487. The van der Waals surface area contributed by atoms with E-state index < -0.39 is 34.9 Å². The Labute approximate surface area is 162 Å². The molecule has 1 amide bonds. The Morgan fingerprint density at radius 2 is 1.66 bits per heavy atom. The summed E-state index contributed by atoms with van der Waals surface area (Å²) in [7, 11) is 0. The van der Waals surface area contributed by atoms with Crippen molar-refractivity contribution < 1.29 is 37.7 Å². The van der Waals surface area contributed by atoms with Crippen LogP contribution in [0, 0.1) is 0 Å². The minimum atomic E-state index is -4.51. The smallest absolute Gasteiger partial charge is 0.416 e. The predicted octanol–water partition coefficient (Wildman–Crippen LogP) is 3.89. The number of nitrogens with zero attached hydrogens (tertiary/aromatic N) is 1. The van der Waals surface area contributed by atoms with Crippen LogP contribution in [0.5, 0.6) is 17.2 Å². The molecular formula is C19H15F3N2O5. The second-order valence-corrected chi connectivity index (χ2v) is 5.99. The van der Waals surface area contributed by atoms with Gasteiger partial charge in [0, 0.05) is 17.7 Å². The van der Waals surface area contributed by atoms with Gasteiger partial charge in [-0.05, 0) is 43.3 Å². The summed E-state index contributed by atoms with van der Waals surface area (Å²) in [6, 6.07) is 6.09. The van der Waals surface area contributed by atoms with Crippen LogP contribution >= 0.6 is 0 Å². The Kier molecular flexibility index (Phi) is 5.10. The second kappa shape index (κ2) is 7.38. The number of phenolic OH excluding ortho intramolecular Hbond substituents is 3. The fourth-order valence-electron chi connectivity index (χ4n) is 2.57. The third-order valence-electron chi connectivity index (χ3n) is 3.97. The molecule has 1 aromatic heterocycles. The molecule has 0 spiro atoms. The fourth-order valence-corrected chi connectivity index (χ4v) is 2.57. The van der Waals surface area contributed by atoms with Gasteiger partial charge in [-0.15, -0.1) is 0 Å². The number of rotatable bonds is 4. The van der Waals surface area contributed by atoms with E-state index in [-0.39, 0.29) is 35.0 Å². The lowest BCUT2D eigenvalue weighted by Gasteiger charge is -2.06. The molecule has 3 aromatic rings. The molecule has 1 heterocycles. The minimum Gasteiger partial charge on any atom is -0.504 e. The molecule has 0 aliphatic carbocycles. The van der Waals surface area contributed by atoms with E-state index in [0.29, 0.717) is 0 Å². The highest BCUT2D eigenvalue weighted by molar-refractivity contribution is 5.98. The summed E-state index contributed by atoms with van der Waals surface area (Å²) in [4.78, 5) is 16.4. The molecular weight excluding hydrogens is 393 g/mol. The van der Waals surface area contributed by atoms with Gasteiger partial charge in [0.25, 0.3) is 5.91 Å². The Bertz CT molecular complexity index is 1040. The van der Waals surface area contributed by atoms with Crippen LogP contribution in [0.2, 0.25) is 0 Å². The average molecular weight is 408 g/mol. The molecule has 0 atom stereocenters. The van der Waals surface area contributed by atoms with E-state index in [4.69, 9.17) is 4.42 Å². The molecule has 0 saturated carbocycles. The maximum atomic E-state index is 12.8. The van der Waals surface area contributed by atoms with E-state index in [1.54, 1.807) is 6.92 Å². The number of carbonyl (C=O) groups excluding carboxylic acids is 1. The first-order chi connectivity index (χ1) is 13.6. The van der Waals surface area contributed by atoms with Crippen LogP contribution in [-0.2, 0) is 6.18 Å². The van der Waals surface area contributed by atoms with Crippen LogP contribution in [0.3, 0.4) is 0 Å². The van der Waals surface area contributed by atoms with Crippen LogP contribution in [-0.4, -0.2) is 32.8 Å². The number of benzene rings is 2.